The molecule has 0 N–H and O–H groups in total. The Hall–Kier alpha value is -1.51. The van der Waals surface area contributed by atoms with Crippen LogP contribution in [0.2, 0.25) is 0 Å². The molecule has 0 bridgehead atoms. The number of anilines is 1. The topological polar surface area (TPSA) is 29.5 Å². The van der Waals surface area contributed by atoms with Gasteiger partial charge in [0.1, 0.15) is 0 Å². The van der Waals surface area contributed by atoms with Gasteiger partial charge in [-0.1, -0.05) is 52.4 Å². The molecule has 0 aromatic heterocycles. The molecule has 1 rings (SSSR count). The first-order chi connectivity index (χ1) is 12.1. The highest BCUT2D eigenvalue weighted by atomic mass is 16.5. The van der Waals surface area contributed by atoms with Crippen molar-refractivity contribution >= 4 is 11.7 Å². The van der Waals surface area contributed by atoms with Crippen LogP contribution in [-0.4, -0.2) is 25.2 Å². The van der Waals surface area contributed by atoms with Gasteiger partial charge in [-0.25, -0.2) is 4.79 Å². The van der Waals surface area contributed by atoms with Crippen LogP contribution in [0.5, 0.6) is 0 Å². The number of unbranched alkanes of at least 4 members (excludes halogenated alkanes) is 6. The average molecular weight is 348 g/mol. The first-order valence-electron chi connectivity index (χ1n) is 10.1. The van der Waals surface area contributed by atoms with Crippen molar-refractivity contribution in [1.82, 2.24) is 0 Å². The second-order valence-corrected chi connectivity index (χ2v) is 7.09. The van der Waals surface area contributed by atoms with Gasteiger partial charge in [0.15, 0.2) is 0 Å². The minimum atomic E-state index is -0.206. The minimum Gasteiger partial charge on any atom is -0.462 e. The molecule has 142 valence electrons. The second-order valence-electron chi connectivity index (χ2n) is 7.09. The van der Waals surface area contributed by atoms with Crippen molar-refractivity contribution in [3.63, 3.8) is 0 Å². The number of benzene rings is 1. The van der Waals surface area contributed by atoms with Gasteiger partial charge in [0.25, 0.3) is 0 Å². The summed E-state index contributed by atoms with van der Waals surface area (Å²) in [6.07, 6.45) is 9.54. The van der Waals surface area contributed by atoms with Crippen molar-refractivity contribution < 1.29 is 9.53 Å². The van der Waals surface area contributed by atoms with Gasteiger partial charge in [0.2, 0.25) is 0 Å². The number of nitrogens with zero attached hydrogens (tertiary/aromatic N) is 1. The molecule has 0 aliphatic rings. The molecule has 0 atom stereocenters. The van der Waals surface area contributed by atoms with Crippen LogP contribution >= 0.6 is 0 Å². The normalized spacial score (nSPS) is 10.9. The van der Waals surface area contributed by atoms with Crippen LogP contribution in [0, 0.1) is 0 Å². The molecular weight excluding hydrogens is 310 g/mol. The van der Waals surface area contributed by atoms with Crippen molar-refractivity contribution in [1.29, 1.82) is 0 Å². The van der Waals surface area contributed by atoms with Crippen molar-refractivity contribution in [3.8, 4) is 0 Å². The van der Waals surface area contributed by atoms with Gasteiger partial charge in [0.05, 0.1) is 12.2 Å². The Labute approximate surface area is 154 Å². The van der Waals surface area contributed by atoms with E-state index in [9.17, 15) is 4.79 Å². The summed E-state index contributed by atoms with van der Waals surface area (Å²) in [6, 6.07) is 8.34. The fourth-order valence-corrected chi connectivity index (χ4v) is 2.96. The Morgan fingerprint density at radius 2 is 1.52 bits per heavy atom. The summed E-state index contributed by atoms with van der Waals surface area (Å²) in [5, 5.41) is 0. The Morgan fingerprint density at radius 1 is 0.920 bits per heavy atom. The molecule has 3 heteroatoms. The van der Waals surface area contributed by atoms with Gasteiger partial charge < -0.3 is 9.64 Å². The van der Waals surface area contributed by atoms with E-state index in [2.05, 4.69) is 32.6 Å². The highest BCUT2D eigenvalue weighted by Gasteiger charge is 2.12. The highest BCUT2D eigenvalue weighted by Crippen LogP contribution is 2.19. The number of ether oxygens (including phenoxy) is 1. The standard InChI is InChI=1S/C22H37NO2/c1-5-7-9-11-17-23(19(3)4)21-15-13-20(14-16-21)22(24)25-18-12-10-8-6-2/h13-16,19H,5-12,17-18H2,1-4H3. The second kappa shape index (κ2) is 12.8. The van der Waals surface area contributed by atoms with Crippen molar-refractivity contribution in [2.45, 2.75) is 85.1 Å². The Bertz CT molecular complexity index is 467. The maximum Gasteiger partial charge on any atom is 0.338 e. The van der Waals surface area contributed by atoms with E-state index in [-0.39, 0.29) is 5.97 Å². The summed E-state index contributed by atoms with van der Waals surface area (Å²) < 4.78 is 5.36. The number of carbonyl (C=O) groups excluding carboxylic acids is 1. The fraction of sp³-hybridized carbons (Fsp3) is 0.682. The van der Waals surface area contributed by atoms with Crippen LogP contribution in [0.4, 0.5) is 5.69 Å². The Morgan fingerprint density at radius 3 is 2.08 bits per heavy atom. The quantitative estimate of drug-likeness (QED) is 0.313. The van der Waals surface area contributed by atoms with Crippen molar-refractivity contribution in [2.75, 3.05) is 18.1 Å². The van der Waals surface area contributed by atoms with Crippen LogP contribution < -0.4 is 4.90 Å². The number of esters is 1. The molecule has 1 aromatic carbocycles. The zero-order chi connectivity index (χ0) is 18.5. The lowest BCUT2D eigenvalue weighted by Gasteiger charge is -2.29. The highest BCUT2D eigenvalue weighted by molar-refractivity contribution is 5.89. The Kier molecular flexibility index (Phi) is 11.0. The number of rotatable bonds is 13. The van der Waals surface area contributed by atoms with Gasteiger partial charge in [-0.15, -0.1) is 0 Å². The maximum atomic E-state index is 12.1. The van der Waals surface area contributed by atoms with Crippen LogP contribution in [0.1, 0.15) is 89.4 Å². The van der Waals surface area contributed by atoms with E-state index in [0.717, 1.165) is 19.4 Å². The molecule has 0 aliphatic carbocycles. The van der Waals surface area contributed by atoms with Gasteiger partial charge in [-0.2, -0.15) is 0 Å². The average Bonchev–Trinajstić information content (AvgIpc) is 2.61. The molecule has 0 fully saturated rings. The van der Waals surface area contributed by atoms with Gasteiger partial charge in [0, 0.05) is 18.3 Å². The van der Waals surface area contributed by atoms with Gasteiger partial charge in [-0.05, 0) is 51.0 Å². The fourth-order valence-electron chi connectivity index (χ4n) is 2.96. The molecule has 0 aliphatic heterocycles. The number of carbonyl (C=O) groups is 1. The summed E-state index contributed by atoms with van der Waals surface area (Å²) in [4.78, 5) is 14.5. The third-order valence-corrected chi connectivity index (χ3v) is 4.54. The predicted molar refractivity (Wildman–Crippen MR) is 107 cm³/mol. The summed E-state index contributed by atoms with van der Waals surface area (Å²) in [7, 11) is 0. The van der Waals surface area contributed by atoms with E-state index in [1.807, 2.05) is 24.3 Å². The summed E-state index contributed by atoms with van der Waals surface area (Å²) >= 11 is 0. The molecule has 0 unspecified atom stereocenters. The first-order valence-corrected chi connectivity index (χ1v) is 10.1. The van der Waals surface area contributed by atoms with E-state index in [1.165, 1.54) is 44.2 Å². The zero-order valence-corrected chi connectivity index (χ0v) is 16.7. The molecule has 0 heterocycles. The van der Waals surface area contributed by atoms with E-state index in [0.29, 0.717) is 18.2 Å². The van der Waals surface area contributed by atoms with Gasteiger partial charge >= 0.3 is 5.97 Å². The monoisotopic (exact) mass is 347 g/mol. The lowest BCUT2D eigenvalue weighted by Crippen LogP contribution is -2.31. The van der Waals surface area contributed by atoms with Crippen molar-refractivity contribution in [2.24, 2.45) is 0 Å². The maximum absolute atomic E-state index is 12.1. The molecule has 0 amide bonds. The molecule has 3 nitrogen and oxygen atoms in total. The first kappa shape index (κ1) is 21.5. The van der Waals surface area contributed by atoms with Gasteiger partial charge in [-0.3, -0.25) is 0 Å². The van der Waals surface area contributed by atoms with E-state index >= 15 is 0 Å². The summed E-state index contributed by atoms with van der Waals surface area (Å²) in [6.45, 7) is 10.4. The molecule has 0 spiro atoms. The van der Waals surface area contributed by atoms with Crippen LogP contribution in [-0.2, 0) is 4.74 Å². The van der Waals surface area contributed by atoms with Crippen LogP contribution in [0.3, 0.4) is 0 Å². The molecule has 1 aromatic rings. The SMILES string of the molecule is CCCCCCOC(=O)c1ccc(N(CCCCCC)C(C)C)cc1. The molecular formula is C22H37NO2. The lowest BCUT2D eigenvalue weighted by molar-refractivity contribution is 0.0498. The summed E-state index contributed by atoms with van der Waals surface area (Å²) in [5.41, 5.74) is 1.83. The third kappa shape index (κ3) is 8.42. The molecule has 0 saturated carbocycles. The van der Waals surface area contributed by atoms with Crippen LogP contribution in [0.25, 0.3) is 0 Å². The van der Waals surface area contributed by atoms with Crippen molar-refractivity contribution in [3.05, 3.63) is 29.8 Å². The predicted octanol–water partition coefficient (Wildman–Crippen LogP) is 6.22. The summed E-state index contributed by atoms with van der Waals surface area (Å²) in [5.74, 6) is -0.206. The third-order valence-electron chi connectivity index (χ3n) is 4.54. The van der Waals surface area contributed by atoms with Crippen LogP contribution in [0.15, 0.2) is 24.3 Å². The molecule has 25 heavy (non-hydrogen) atoms. The molecule has 0 saturated heterocycles. The lowest BCUT2D eigenvalue weighted by atomic mass is 10.1. The molecule has 0 radical (unpaired) electrons. The largest absolute Gasteiger partial charge is 0.462 e. The van der Waals surface area contributed by atoms with E-state index < -0.39 is 0 Å². The van der Waals surface area contributed by atoms with E-state index in [4.69, 9.17) is 4.74 Å². The smallest absolute Gasteiger partial charge is 0.338 e. The number of hydrogen-bond acceptors (Lipinski definition) is 3. The minimum absolute atomic E-state index is 0.206. The van der Waals surface area contributed by atoms with E-state index in [1.54, 1.807) is 0 Å². The zero-order valence-electron chi connectivity index (χ0n) is 16.7. The Balaban J connectivity index is 2.52. The number of hydrogen-bond donors (Lipinski definition) is 0.